The van der Waals surface area contributed by atoms with Gasteiger partial charge in [-0.15, -0.1) is 0 Å². The normalized spacial score (nSPS) is 12.0. The van der Waals surface area contributed by atoms with Crippen molar-refractivity contribution in [1.82, 2.24) is 0 Å². The highest BCUT2D eigenvalue weighted by Crippen LogP contribution is 2.28. The lowest BCUT2D eigenvalue weighted by Gasteiger charge is -2.17. The Hall–Kier alpha value is -2.81. The van der Waals surface area contributed by atoms with E-state index in [-0.39, 0.29) is 22.2 Å². The first kappa shape index (κ1) is 22.9. The first-order valence-corrected chi connectivity index (χ1v) is 11.5. The summed E-state index contributed by atoms with van der Waals surface area (Å²) in [6, 6.07) is 12.2. The molecule has 5 heteroatoms. The molecule has 0 radical (unpaired) electrons. The molecule has 3 aromatic carbocycles. The summed E-state index contributed by atoms with van der Waals surface area (Å²) in [6.07, 6.45) is 0. The number of carbonyl (C=O) groups is 2. The molecule has 0 saturated carbocycles. The minimum Gasteiger partial charge on any atom is -0.343 e. The van der Waals surface area contributed by atoms with Gasteiger partial charge in [0.25, 0.3) is 0 Å². The van der Waals surface area contributed by atoms with Crippen LogP contribution in [0.25, 0.3) is 0 Å². The van der Waals surface area contributed by atoms with Crippen LogP contribution in [-0.4, -0.2) is 16.5 Å². The quantitative estimate of drug-likeness (QED) is 0.448. The Labute approximate surface area is 183 Å². The van der Waals surface area contributed by atoms with Crippen LogP contribution in [0.4, 0.5) is 0 Å². The summed E-state index contributed by atoms with van der Waals surface area (Å²) in [6.45, 7) is 11.3. The van der Waals surface area contributed by atoms with Gasteiger partial charge in [-0.1, -0.05) is 47.5 Å². The van der Waals surface area contributed by atoms with E-state index in [9.17, 15) is 19.0 Å². The Bertz CT molecular complexity index is 1210. The molecule has 0 spiro atoms. The van der Waals surface area contributed by atoms with Crippen LogP contribution < -0.4 is 5.30 Å². The van der Waals surface area contributed by atoms with Crippen molar-refractivity contribution < 1.29 is 19.0 Å². The van der Waals surface area contributed by atoms with E-state index in [0.29, 0.717) is 11.1 Å². The van der Waals surface area contributed by atoms with E-state index in [4.69, 9.17) is 0 Å². The molecule has 31 heavy (non-hydrogen) atoms. The van der Waals surface area contributed by atoms with Crippen LogP contribution in [0.5, 0.6) is 0 Å². The Balaban J connectivity index is 2.31. The maximum atomic E-state index is 13.7. The van der Waals surface area contributed by atoms with Gasteiger partial charge < -0.3 is 4.89 Å². The van der Waals surface area contributed by atoms with Crippen LogP contribution in [0.3, 0.4) is 0 Å². The maximum absolute atomic E-state index is 13.7. The zero-order valence-corrected chi connectivity index (χ0v) is 19.7. The summed E-state index contributed by atoms with van der Waals surface area (Å²) in [5.74, 6) is -0.713. The van der Waals surface area contributed by atoms with Crippen molar-refractivity contribution in [1.29, 1.82) is 0 Å². The fourth-order valence-corrected chi connectivity index (χ4v) is 5.20. The smallest absolute Gasteiger partial charge is 0.218 e. The van der Waals surface area contributed by atoms with E-state index in [1.54, 1.807) is 12.1 Å². The summed E-state index contributed by atoms with van der Waals surface area (Å²) in [4.78, 5) is 37.3. The minimum absolute atomic E-state index is 0.0163. The molecule has 1 unspecified atom stereocenters. The summed E-state index contributed by atoms with van der Waals surface area (Å²) >= 11 is 0. The van der Waals surface area contributed by atoms with Crippen LogP contribution in [-0.2, 0) is 4.57 Å². The van der Waals surface area contributed by atoms with Crippen molar-refractivity contribution in [3.63, 3.8) is 0 Å². The number of benzene rings is 3. The van der Waals surface area contributed by atoms with Crippen molar-refractivity contribution >= 4 is 24.9 Å². The van der Waals surface area contributed by atoms with Gasteiger partial charge in [-0.25, -0.2) is 0 Å². The Morgan fingerprint density at radius 1 is 0.677 bits per heavy atom. The molecule has 3 rings (SSSR count). The lowest BCUT2D eigenvalue weighted by atomic mass is 9.87. The van der Waals surface area contributed by atoms with Gasteiger partial charge in [-0.2, -0.15) is 0 Å². The van der Waals surface area contributed by atoms with E-state index in [1.807, 2.05) is 65.8 Å². The third kappa shape index (κ3) is 4.32. The molecule has 4 nitrogen and oxygen atoms in total. The molecule has 0 aliphatic carbocycles. The number of carbonyl (C=O) groups excluding carboxylic acids is 2. The van der Waals surface area contributed by atoms with Crippen LogP contribution in [0.15, 0.2) is 42.5 Å². The number of aryl methyl sites for hydroxylation is 6. The van der Waals surface area contributed by atoms with Crippen LogP contribution in [0, 0.1) is 41.5 Å². The highest BCUT2D eigenvalue weighted by molar-refractivity contribution is 7.47. The van der Waals surface area contributed by atoms with E-state index >= 15 is 0 Å². The molecule has 0 aliphatic rings. The average Bonchev–Trinajstić information content (AvgIpc) is 2.65. The molecule has 1 N–H and O–H groups in total. The Morgan fingerprint density at radius 3 is 1.52 bits per heavy atom. The van der Waals surface area contributed by atoms with E-state index < -0.39 is 13.8 Å². The van der Waals surface area contributed by atoms with Crippen molar-refractivity contribution in [2.75, 3.05) is 0 Å². The molecule has 0 aliphatic heterocycles. The first-order valence-electron chi connectivity index (χ1n) is 10.1. The molecule has 0 saturated heterocycles. The minimum atomic E-state index is -3.21. The molecule has 1 atom stereocenters. The summed E-state index contributed by atoms with van der Waals surface area (Å²) in [5.41, 5.74) is 6.40. The second-order valence-electron chi connectivity index (χ2n) is 8.24. The van der Waals surface area contributed by atoms with Crippen LogP contribution >= 0.6 is 8.03 Å². The fourth-order valence-electron chi connectivity index (χ4n) is 4.50. The molecule has 3 aromatic rings. The molecule has 0 bridgehead atoms. The first-order chi connectivity index (χ1) is 14.5. The molecule has 0 aromatic heterocycles. The Kier molecular flexibility index (Phi) is 6.45. The lowest BCUT2D eigenvalue weighted by Crippen LogP contribution is -2.22. The van der Waals surface area contributed by atoms with Crippen LogP contribution in [0.2, 0.25) is 0 Å². The molecular weight excluding hydrogens is 407 g/mol. The van der Waals surface area contributed by atoms with Gasteiger partial charge in [-0.05, 0) is 69.9 Å². The van der Waals surface area contributed by atoms with Gasteiger partial charge in [0.2, 0.25) is 8.03 Å². The SMILES string of the molecule is Cc1cc(C)c(C(=O)c2cccc([PH](=O)O)c2C(=O)c2c(C)cc(C)cc2C)c(C)c1. The predicted molar refractivity (Wildman–Crippen MR) is 125 cm³/mol. The van der Waals surface area contributed by atoms with Gasteiger partial charge in [0.05, 0.1) is 0 Å². The topological polar surface area (TPSA) is 71.4 Å². The third-order valence-electron chi connectivity index (χ3n) is 5.57. The maximum Gasteiger partial charge on any atom is 0.218 e. The second-order valence-corrected chi connectivity index (χ2v) is 9.39. The number of hydrogen-bond acceptors (Lipinski definition) is 3. The van der Waals surface area contributed by atoms with E-state index in [1.165, 1.54) is 6.07 Å². The molecule has 160 valence electrons. The van der Waals surface area contributed by atoms with Crippen molar-refractivity contribution in [2.24, 2.45) is 0 Å². The van der Waals surface area contributed by atoms with Gasteiger partial charge in [0.15, 0.2) is 11.6 Å². The summed E-state index contributed by atoms with van der Waals surface area (Å²) in [5, 5.41) is 0.0163. The molecular formula is C26H27O4P. The fraction of sp³-hybridized carbons (Fsp3) is 0.231. The van der Waals surface area contributed by atoms with E-state index in [0.717, 1.165) is 33.4 Å². The van der Waals surface area contributed by atoms with Gasteiger partial charge >= 0.3 is 0 Å². The molecule has 0 heterocycles. The van der Waals surface area contributed by atoms with E-state index in [2.05, 4.69) is 0 Å². The summed E-state index contributed by atoms with van der Waals surface area (Å²) < 4.78 is 12.2. The standard InChI is InChI=1S/C26H27O4P/c1-14-10-16(3)22(17(4)11-14)25(27)20-8-7-9-21(31(29)30)24(20)26(28)23-18(5)12-15(2)13-19(23)6/h7-13,31H,1-6H3,(H,29,30). The molecule has 0 fully saturated rings. The number of rotatable bonds is 5. The van der Waals surface area contributed by atoms with Crippen molar-refractivity contribution in [3.05, 3.63) is 98.1 Å². The lowest BCUT2D eigenvalue weighted by molar-refractivity contribution is 0.100. The third-order valence-corrected chi connectivity index (χ3v) is 6.45. The zero-order valence-electron chi connectivity index (χ0n) is 18.7. The summed E-state index contributed by atoms with van der Waals surface area (Å²) in [7, 11) is -3.21. The average molecular weight is 434 g/mol. The largest absolute Gasteiger partial charge is 0.343 e. The van der Waals surface area contributed by atoms with Gasteiger partial charge in [0.1, 0.15) is 0 Å². The predicted octanol–water partition coefficient (Wildman–Crippen LogP) is 5.09. The second kappa shape index (κ2) is 8.74. The van der Waals surface area contributed by atoms with Gasteiger partial charge in [0, 0.05) is 27.6 Å². The molecule has 0 amide bonds. The highest BCUT2D eigenvalue weighted by Gasteiger charge is 2.27. The number of ketones is 2. The monoisotopic (exact) mass is 434 g/mol. The zero-order chi connectivity index (χ0) is 23.0. The number of hydrogen-bond donors (Lipinski definition) is 1. The highest BCUT2D eigenvalue weighted by atomic mass is 31.1. The van der Waals surface area contributed by atoms with Crippen molar-refractivity contribution in [2.45, 2.75) is 41.5 Å². The van der Waals surface area contributed by atoms with Crippen molar-refractivity contribution in [3.8, 4) is 0 Å². The van der Waals surface area contributed by atoms with Crippen LogP contribution in [0.1, 0.15) is 65.2 Å². The Morgan fingerprint density at radius 2 is 1.10 bits per heavy atom. The van der Waals surface area contributed by atoms with Gasteiger partial charge in [-0.3, -0.25) is 14.2 Å².